The van der Waals surface area contributed by atoms with Crippen molar-refractivity contribution in [2.45, 2.75) is 26.2 Å². The molecule has 8 heteroatoms. The van der Waals surface area contributed by atoms with Crippen LogP contribution in [0.15, 0.2) is 29.8 Å². The van der Waals surface area contributed by atoms with Crippen molar-refractivity contribution in [3.8, 4) is 5.75 Å². The van der Waals surface area contributed by atoms with E-state index in [0.717, 1.165) is 12.8 Å². The summed E-state index contributed by atoms with van der Waals surface area (Å²) in [6.07, 6.45) is 1.60. The number of carbonyl (C=O) groups excluding carboxylic acids is 2. The van der Waals surface area contributed by atoms with Crippen LogP contribution in [0.25, 0.3) is 0 Å². The van der Waals surface area contributed by atoms with Gasteiger partial charge in [-0.1, -0.05) is 0 Å². The number of halogens is 1. The summed E-state index contributed by atoms with van der Waals surface area (Å²) < 4.78 is 18.9. The molecule has 2 heterocycles. The van der Waals surface area contributed by atoms with Crippen LogP contribution in [-0.2, 0) is 4.79 Å². The molecule has 0 radical (unpaired) electrons. The lowest BCUT2D eigenvalue weighted by atomic mass is 9.77. The lowest BCUT2D eigenvalue weighted by Gasteiger charge is -2.42. The van der Waals surface area contributed by atoms with E-state index in [1.165, 1.54) is 23.5 Å². The second-order valence-electron chi connectivity index (χ2n) is 6.98. The first-order valence-corrected chi connectivity index (χ1v) is 9.63. The maximum Gasteiger partial charge on any atom is 0.265 e. The fourth-order valence-corrected chi connectivity index (χ4v) is 4.25. The van der Waals surface area contributed by atoms with Crippen LogP contribution in [0.3, 0.4) is 0 Å². The van der Waals surface area contributed by atoms with Crippen LogP contribution in [0, 0.1) is 18.2 Å². The monoisotopic (exact) mass is 391 g/mol. The number of hydrogen-bond acceptors (Lipinski definition) is 5. The Balaban J connectivity index is 1.76. The van der Waals surface area contributed by atoms with E-state index in [4.69, 9.17) is 10.5 Å². The van der Waals surface area contributed by atoms with E-state index in [0.29, 0.717) is 29.4 Å². The molecule has 1 saturated heterocycles. The molecule has 0 saturated carbocycles. The van der Waals surface area contributed by atoms with E-state index in [2.05, 4.69) is 4.98 Å². The predicted octanol–water partition coefficient (Wildman–Crippen LogP) is 2.77. The summed E-state index contributed by atoms with van der Waals surface area (Å²) in [5.74, 6) is -0.336. The van der Waals surface area contributed by atoms with E-state index in [1.54, 1.807) is 22.5 Å². The minimum atomic E-state index is -0.563. The minimum absolute atomic E-state index is 0.0784. The first-order valence-electron chi connectivity index (χ1n) is 8.75. The van der Waals surface area contributed by atoms with Gasteiger partial charge in [-0.05, 0) is 44.0 Å². The fraction of sp³-hybridized carbons (Fsp3) is 0.421. The van der Waals surface area contributed by atoms with Gasteiger partial charge in [-0.25, -0.2) is 9.37 Å². The Labute approximate surface area is 161 Å². The summed E-state index contributed by atoms with van der Waals surface area (Å²) in [7, 11) is 0. The van der Waals surface area contributed by atoms with Crippen LogP contribution in [0.4, 0.5) is 4.39 Å². The zero-order chi connectivity index (χ0) is 19.4. The van der Waals surface area contributed by atoms with Gasteiger partial charge in [-0.2, -0.15) is 0 Å². The van der Waals surface area contributed by atoms with Crippen LogP contribution in [0.5, 0.6) is 5.75 Å². The molecule has 0 bridgehead atoms. The molecule has 2 aromatic rings. The summed E-state index contributed by atoms with van der Waals surface area (Å²) in [6, 6.07) is 5.72. The van der Waals surface area contributed by atoms with Crippen molar-refractivity contribution in [1.82, 2.24) is 9.88 Å². The first kappa shape index (κ1) is 19.3. The van der Waals surface area contributed by atoms with Crippen molar-refractivity contribution < 1.29 is 18.7 Å². The Morgan fingerprint density at radius 1 is 1.37 bits per heavy atom. The largest absolute Gasteiger partial charge is 0.493 e. The molecule has 1 aromatic carbocycles. The molecular weight excluding hydrogens is 369 g/mol. The molecule has 1 aliphatic heterocycles. The molecule has 1 aliphatic rings. The zero-order valence-corrected chi connectivity index (χ0v) is 15.9. The van der Waals surface area contributed by atoms with Gasteiger partial charge in [0.25, 0.3) is 5.91 Å². The number of rotatable bonds is 6. The van der Waals surface area contributed by atoms with Crippen molar-refractivity contribution in [3.05, 3.63) is 46.2 Å². The highest BCUT2D eigenvalue weighted by Crippen LogP contribution is 2.35. The number of benzene rings is 1. The second kappa shape index (κ2) is 8.04. The topological polar surface area (TPSA) is 85.5 Å². The minimum Gasteiger partial charge on any atom is -0.493 e. The summed E-state index contributed by atoms with van der Waals surface area (Å²) in [6.45, 7) is 3.04. The van der Waals surface area contributed by atoms with Gasteiger partial charge < -0.3 is 15.4 Å². The maximum atomic E-state index is 13.1. The predicted molar refractivity (Wildman–Crippen MR) is 100 cm³/mol. The number of nitrogens with zero attached hydrogens (tertiary/aromatic N) is 2. The third kappa shape index (κ3) is 4.63. The Kier molecular flexibility index (Phi) is 5.74. The number of likely N-dealkylation sites (tertiary alicyclic amines) is 1. The number of carbonyl (C=O) groups is 2. The number of nitrogens with two attached hydrogens (primary N) is 1. The maximum absolute atomic E-state index is 13.1. The van der Waals surface area contributed by atoms with E-state index in [9.17, 15) is 14.0 Å². The molecule has 0 spiro atoms. The summed E-state index contributed by atoms with van der Waals surface area (Å²) in [5.41, 5.74) is 7.28. The van der Waals surface area contributed by atoms with E-state index in [1.807, 2.05) is 6.92 Å². The number of thiazole rings is 1. The average molecular weight is 391 g/mol. The van der Waals surface area contributed by atoms with E-state index >= 15 is 0 Å². The van der Waals surface area contributed by atoms with Gasteiger partial charge in [0.15, 0.2) is 0 Å². The molecule has 1 atom stereocenters. The van der Waals surface area contributed by atoms with Crippen LogP contribution < -0.4 is 10.5 Å². The van der Waals surface area contributed by atoms with Crippen LogP contribution in [0.1, 0.15) is 34.6 Å². The quantitative estimate of drug-likeness (QED) is 0.820. The molecule has 144 valence electrons. The van der Waals surface area contributed by atoms with E-state index in [-0.39, 0.29) is 24.8 Å². The normalized spacial score (nSPS) is 19.7. The third-order valence-electron chi connectivity index (χ3n) is 4.80. The van der Waals surface area contributed by atoms with Crippen LogP contribution >= 0.6 is 11.3 Å². The Morgan fingerprint density at radius 3 is 2.74 bits per heavy atom. The van der Waals surface area contributed by atoms with Gasteiger partial charge >= 0.3 is 0 Å². The number of ether oxygens (including phenoxy) is 1. The molecule has 0 aliphatic carbocycles. The number of aromatic nitrogens is 1. The highest BCUT2D eigenvalue weighted by molar-refractivity contribution is 7.11. The van der Waals surface area contributed by atoms with Crippen molar-refractivity contribution in [2.75, 3.05) is 19.7 Å². The van der Waals surface area contributed by atoms with Gasteiger partial charge in [-0.15, -0.1) is 11.3 Å². The molecule has 1 fully saturated rings. The summed E-state index contributed by atoms with van der Waals surface area (Å²) in [5, 5.41) is 0. The number of primary amides is 1. The number of amides is 2. The molecule has 2 N–H and O–H groups in total. The Bertz CT molecular complexity index is 824. The number of aryl methyl sites for hydroxylation is 1. The molecule has 27 heavy (non-hydrogen) atoms. The van der Waals surface area contributed by atoms with Gasteiger partial charge in [0.2, 0.25) is 5.91 Å². The fourth-order valence-electron chi connectivity index (χ4n) is 3.48. The zero-order valence-electron chi connectivity index (χ0n) is 15.1. The second-order valence-corrected chi connectivity index (χ2v) is 7.84. The molecule has 6 nitrogen and oxygen atoms in total. The number of piperidine rings is 1. The van der Waals surface area contributed by atoms with Crippen molar-refractivity contribution in [1.29, 1.82) is 0 Å². The van der Waals surface area contributed by atoms with Gasteiger partial charge in [-0.3, -0.25) is 9.59 Å². The lowest BCUT2D eigenvalue weighted by Crippen LogP contribution is -2.50. The molecule has 3 rings (SSSR count). The van der Waals surface area contributed by atoms with E-state index < -0.39 is 11.3 Å². The molecule has 2 amide bonds. The van der Waals surface area contributed by atoms with Gasteiger partial charge in [0, 0.05) is 24.9 Å². The first-order chi connectivity index (χ1) is 12.9. The van der Waals surface area contributed by atoms with Crippen LogP contribution in [-0.4, -0.2) is 41.4 Å². The standard InChI is InChI=1S/C19H22FN3O3S/c1-13-17(27-12-22-13)18(25)23-8-2-7-19(10-23,9-16(21)24)11-26-15-5-3-14(20)4-6-15/h3-6,12H,2,7-11H2,1H3,(H2,21,24). The van der Waals surface area contributed by atoms with Crippen LogP contribution in [0.2, 0.25) is 0 Å². The Morgan fingerprint density at radius 2 is 2.11 bits per heavy atom. The average Bonchev–Trinajstić information content (AvgIpc) is 3.06. The van der Waals surface area contributed by atoms with Crippen molar-refractivity contribution in [3.63, 3.8) is 0 Å². The van der Waals surface area contributed by atoms with Crippen molar-refractivity contribution >= 4 is 23.2 Å². The van der Waals surface area contributed by atoms with Gasteiger partial charge in [0.05, 0.1) is 17.8 Å². The summed E-state index contributed by atoms with van der Waals surface area (Å²) in [4.78, 5) is 31.1. The molecule has 1 aromatic heterocycles. The Hall–Kier alpha value is -2.48. The number of hydrogen-bond donors (Lipinski definition) is 1. The highest BCUT2D eigenvalue weighted by Gasteiger charge is 2.40. The molecule has 1 unspecified atom stereocenters. The smallest absolute Gasteiger partial charge is 0.265 e. The lowest BCUT2D eigenvalue weighted by molar-refractivity contribution is -0.122. The van der Waals surface area contributed by atoms with Crippen molar-refractivity contribution in [2.24, 2.45) is 11.1 Å². The summed E-state index contributed by atoms with van der Waals surface area (Å²) >= 11 is 1.32. The SMILES string of the molecule is Cc1ncsc1C(=O)N1CCCC(COc2ccc(F)cc2)(CC(N)=O)C1. The highest BCUT2D eigenvalue weighted by atomic mass is 32.1. The third-order valence-corrected chi connectivity index (χ3v) is 5.71. The molecular formula is C19H22FN3O3S. The van der Waals surface area contributed by atoms with Gasteiger partial charge in [0.1, 0.15) is 16.4 Å².